The first-order valence-corrected chi connectivity index (χ1v) is 11.5. The Morgan fingerprint density at radius 2 is 1.53 bits per heavy atom. The molecule has 2 atom stereocenters. The van der Waals surface area contributed by atoms with E-state index in [0.29, 0.717) is 12.1 Å². The average molecular weight is 452 g/mol. The molecule has 34 heavy (non-hydrogen) atoms. The highest BCUT2D eigenvalue weighted by Crippen LogP contribution is 2.48. The summed E-state index contributed by atoms with van der Waals surface area (Å²) in [5.74, 6) is 5.89. The largest absolute Gasteiger partial charge is 0.443 e. The van der Waals surface area contributed by atoms with Crippen LogP contribution in [0.5, 0.6) is 0 Å². The lowest BCUT2D eigenvalue weighted by Gasteiger charge is -2.32. The van der Waals surface area contributed by atoms with E-state index in [0.717, 1.165) is 16.7 Å². The van der Waals surface area contributed by atoms with E-state index in [4.69, 9.17) is 4.74 Å². The molecule has 0 saturated carbocycles. The number of hydrogen-bond donors (Lipinski definition) is 0. The van der Waals surface area contributed by atoms with Crippen molar-refractivity contribution >= 4 is 17.7 Å². The molecular weight excluding hydrogens is 422 g/mol. The highest BCUT2D eigenvalue weighted by molar-refractivity contribution is 6.21. The van der Waals surface area contributed by atoms with Crippen LogP contribution in [-0.4, -0.2) is 17.6 Å². The quantitative estimate of drug-likeness (QED) is 0.450. The SMILES string of the molecule is C[C@@H](C#Cc1ccccc1)[C@@]1(Cc2ccccc2)C(=O)N(C(=O)OC(C)(C)C)c2ccccc21. The van der Waals surface area contributed by atoms with Gasteiger partial charge in [0.25, 0.3) is 0 Å². The van der Waals surface area contributed by atoms with E-state index >= 15 is 0 Å². The van der Waals surface area contributed by atoms with Gasteiger partial charge in [0.05, 0.1) is 11.1 Å². The van der Waals surface area contributed by atoms with Crippen LogP contribution in [0.15, 0.2) is 84.9 Å². The van der Waals surface area contributed by atoms with Crippen molar-refractivity contribution in [2.75, 3.05) is 4.90 Å². The second kappa shape index (κ2) is 9.19. The molecule has 3 aromatic rings. The Balaban J connectivity index is 1.86. The first-order valence-electron chi connectivity index (χ1n) is 11.5. The maximum absolute atomic E-state index is 14.2. The van der Waals surface area contributed by atoms with Crippen LogP contribution >= 0.6 is 0 Å². The average Bonchev–Trinajstić information content (AvgIpc) is 3.06. The summed E-state index contributed by atoms with van der Waals surface area (Å²) < 4.78 is 5.63. The molecule has 2 amide bonds. The van der Waals surface area contributed by atoms with Crippen LogP contribution < -0.4 is 4.90 Å². The van der Waals surface area contributed by atoms with Gasteiger partial charge in [0, 0.05) is 11.5 Å². The molecule has 0 N–H and O–H groups in total. The molecule has 0 fully saturated rings. The number of hydrogen-bond acceptors (Lipinski definition) is 3. The van der Waals surface area contributed by atoms with Gasteiger partial charge < -0.3 is 4.74 Å². The maximum atomic E-state index is 14.2. The van der Waals surface area contributed by atoms with Crippen molar-refractivity contribution in [3.8, 4) is 11.8 Å². The molecule has 4 nitrogen and oxygen atoms in total. The molecular formula is C30H29NO3. The molecule has 1 heterocycles. The van der Waals surface area contributed by atoms with Gasteiger partial charge in [0.1, 0.15) is 5.60 Å². The van der Waals surface area contributed by atoms with Crippen LogP contribution in [-0.2, 0) is 21.4 Å². The number of para-hydroxylation sites is 1. The third-order valence-corrected chi connectivity index (χ3v) is 6.06. The number of anilines is 1. The van der Waals surface area contributed by atoms with E-state index in [2.05, 4.69) is 11.8 Å². The summed E-state index contributed by atoms with van der Waals surface area (Å²) in [6.07, 6.45) is -0.240. The lowest BCUT2D eigenvalue weighted by Crippen LogP contribution is -2.49. The van der Waals surface area contributed by atoms with Crippen molar-refractivity contribution < 1.29 is 14.3 Å². The van der Waals surface area contributed by atoms with Crippen LogP contribution in [0, 0.1) is 17.8 Å². The lowest BCUT2D eigenvalue weighted by atomic mass is 9.68. The first kappa shape index (κ1) is 23.3. The van der Waals surface area contributed by atoms with Crippen molar-refractivity contribution in [1.29, 1.82) is 0 Å². The van der Waals surface area contributed by atoms with Gasteiger partial charge in [-0.05, 0) is 63.4 Å². The third-order valence-electron chi connectivity index (χ3n) is 6.06. The molecule has 4 heteroatoms. The minimum absolute atomic E-state index is 0.304. The highest BCUT2D eigenvalue weighted by Gasteiger charge is 2.56. The van der Waals surface area contributed by atoms with Crippen molar-refractivity contribution in [3.05, 3.63) is 102 Å². The predicted octanol–water partition coefficient (Wildman–Crippen LogP) is 6.14. The molecule has 0 saturated heterocycles. The van der Waals surface area contributed by atoms with Gasteiger partial charge in [-0.1, -0.05) is 78.6 Å². The van der Waals surface area contributed by atoms with Crippen molar-refractivity contribution in [2.45, 2.75) is 45.1 Å². The molecule has 1 aliphatic rings. The molecule has 0 bridgehead atoms. The number of carbonyl (C=O) groups excluding carboxylic acids is 2. The predicted molar refractivity (Wildman–Crippen MR) is 134 cm³/mol. The van der Waals surface area contributed by atoms with Crippen LogP contribution in [0.2, 0.25) is 0 Å². The summed E-state index contributed by atoms with van der Waals surface area (Å²) in [6.45, 7) is 7.35. The number of carbonyl (C=O) groups is 2. The minimum Gasteiger partial charge on any atom is -0.443 e. The fraction of sp³-hybridized carbons (Fsp3) is 0.267. The van der Waals surface area contributed by atoms with E-state index in [1.54, 1.807) is 26.8 Å². The van der Waals surface area contributed by atoms with Crippen molar-refractivity contribution in [2.24, 2.45) is 5.92 Å². The standard InChI is InChI=1S/C30H29NO3/c1-22(19-20-23-13-7-5-8-14-23)30(21-24-15-9-6-10-16-24)25-17-11-12-18-26(25)31(27(30)32)28(33)34-29(2,3)4/h5-18,22H,21H2,1-4H3/t22-,30+/m0/s1. The zero-order valence-electron chi connectivity index (χ0n) is 20.0. The molecule has 3 aromatic carbocycles. The third kappa shape index (κ3) is 4.47. The van der Waals surface area contributed by atoms with Crippen molar-refractivity contribution in [1.82, 2.24) is 0 Å². The number of fused-ring (bicyclic) bond motifs is 1. The second-order valence-electron chi connectivity index (χ2n) is 9.63. The Morgan fingerprint density at radius 3 is 2.18 bits per heavy atom. The summed E-state index contributed by atoms with van der Waals surface area (Å²) in [6, 6.07) is 27.1. The Labute approximate surface area is 201 Å². The number of rotatable bonds is 3. The Bertz CT molecular complexity index is 1250. The Morgan fingerprint density at radius 1 is 0.941 bits per heavy atom. The van der Waals surface area contributed by atoms with Gasteiger partial charge in [-0.25, -0.2) is 9.69 Å². The zero-order chi connectivity index (χ0) is 24.3. The summed E-state index contributed by atoms with van der Waals surface area (Å²) in [4.78, 5) is 28.6. The Hall–Kier alpha value is -3.84. The van der Waals surface area contributed by atoms with Gasteiger partial charge in [-0.15, -0.1) is 0 Å². The van der Waals surface area contributed by atoms with Crippen LogP contribution in [0.4, 0.5) is 10.5 Å². The number of benzene rings is 3. The smallest absolute Gasteiger partial charge is 0.421 e. The normalized spacial score (nSPS) is 18.0. The molecule has 0 unspecified atom stereocenters. The molecule has 0 aromatic heterocycles. The van der Waals surface area contributed by atoms with E-state index < -0.39 is 17.1 Å². The van der Waals surface area contributed by atoms with Gasteiger partial charge in [-0.3, -0.25) is 4.79 Å². The number of imide groups is 1. The molecule has 0 aliphatic carbocycles. The van der Waals surface area contributed by atoms with E-state index in [9.17, 15) is 9.59 Å². The molecule has 1 aliphatic heterocycles. The second-order valence-corrected chi connectivity index (χ2v) is 9.63. The number of ether oxygens (including phenoxy) is 1. The first-order chi connectivity index (χ1) is 16.2. The highest BCUT2D eigenvalue weighted by atomic mass is 16.6. The zero-order valence-corrected chi connectivity index (χ0v) is 20.0. The summed E-state index contributed by atoms with van der Waals surface area (Å²) in [5.41, 5.74) is 1.49. The van der Waals surface area contributed by atoms with Gasteiger partial charge in [-0.2, -0.15) is 0 Å². The van der Waals surface area contributed by atoms with Gasteiger partial charge in [0.2, 0.25) is 5.91 Å². The van der Waals surface area contributed by atoms with Crippen LogP contribution in [0.25, 0.3) is 0 Å². The van der Waals surface area contributed by atoms with Crippen LogP contribution in [0.1, 0.15) is 44.4 Å². The topological polar surface area (TPSA) is 46.6 Å². The van der Waals surface area contributed by atoms with E-state index in [1.807, 2.05) is 85.8 Å². The molecule has 4 rings (SSSR count). The van der Waals surface area contributed by atoms with Crippen LogP contribution in [0.3, 0.4) is 0 Å². The number of nitrogens with zero attached hydrogens (tertiary/aromatic N) is 1. The molecule has 0 spiro atoms. The summed E-state index contributed by atoms with van der Waals surface area (Å²) in [5, 5.41) is 0. The number of amides is 2. The minimum atomic E-state index is -1.03. The monoisotopic (exact) mass is 451 g/mol. The Kier molecular flexibility index (Phi) is 6.30. The van der Waals surface area contributed by atoms with E-state index in [-0.39, 0.29) is 11.8 Å². The lowest BCUT2D eigenvalue weighted by molar-refractivity contribution is -0.124. The summed E-state index contributed by atoms with van der Waals surface area (Å²) in [7, 11) is 0. The van der Waals surface area contributed by atoms with Crippen molar-refractivity contribution in [3.63, 3.8) is 0 Å². The fourth-order valence-electron chi connectivity index (χ4n) is 4.46. The summed E-state index contributed by atoms with van der Waals surface area (Å²) >= 11 is 0. The van der Waals surface area contributed by atoms with Gasteiger partial charge >= 0.3 is 6.09 Å². The van der Waals surface area contributed by atoms with Gasteiger partial charge in [0.15, 0.2) is 0 Å². The van der Waals surface area contributed by atoms with E-state index in [1.165, 1.54) is 4.90 Å². The fourth-order valence-corrected chi connectivity index (χ4v) is 4.46. The molecule has 172 valence electrons. The molecule has 0 radical (unpaired) electrons. The maximum Gasteiger partial charge on any atom is 0.421 e.